The van der Waals surface area contributed by atoms with Crippen LogP contribution in [-0.4, -0.2) is 28.8 Å². The molecule has 2 heterocycles. The Morgan fingerprint density at radius 1 is 1.43 bits per heavy atom. The first-order valence-corrected chi connectivity index (χ1v) is 7.07. The molecule has 2 aromatic rings. The van der Waals surface area contributed by atoms with E-state index in [-0.39, 0.29) is 5.91 Å². The SMILES string of the molecule is CCn1cc(N)c(C(=O)N2CCCOc3ccccc32)n1. The Hall–Kier alpha value is -2.50. The summed E-state index contributed by atoms with van der Waals surface area (Å²) in [6.07, 6.45) is 2.46. The van der Waals surface area contributed by atoms with Crippen LogP contribution in [0.3, 0.4) is 0 Å². The highest BCUT2D eigenvalue weighted by molar-refractivity contribution is 6.08. The third-order valence-electron chi connectivity index (χ3n) is 3.50. The van der Waals surface area contributed by atoms with Gasteiger partial charge in [-0.15, -0.1) is 0 Å². The fraction of sp³-hybridized carbons (Fsp3) is 0.333. The summed E-state index contributed by atoms with van der Waals surface area (Å²) < 4.78 is 7.34. The molecular formula is C15H18N4O2. The van der Waals surface area contributed by atoms with Crippen molar-refractivity contribution in [2.45, 2.75) is 19.9 Å². The number of aromatic nitrogens is 2. The van der Waals surface area contributed by atoms with Crippen molar-refractivity contribution in [2.75, 3.05) is 23.8 Å². The van der Waals surface area contributed by atoms with E-state index in [9.17, 15) is 4.79 Å². The summed E-state index contributed by atoms with van der Waals surface area (Å²) in [4.78, 5) is 14.5. The van der Waals surface area contributed by atoms with Gasteiger partial charge in [0.25, 0.3) is 5.91 Å². The second-order valence-electron chi connectivity index (χ2n) is 4.92. The Balaban J connectivity index is 1.99. The molecule has 0 fully saturated rings. The van der Waals surface area contributed by atoms with Gasteiger partial charge >= 0.3 is 0 Å². The molecule has 0 unspecified atom stereocenters. The molecule has 0 spiro atoms. The van der Waals surface area contributed by atoms with Crippen LogP contribution < -0.4 is 15.4 Å². The van der Waals surface area contributed by atoms with Crippen LogP contribution in [0, 0.1) is 0 Å². The zero-order chi connectivity index (χ0) is 14.8. The molecular weight excluding hydrogens is 268 g/mol. The van der Waals surface area contributed by atoms with Crippen LogP contribution in [0.2, 0.25) is 0 Å². The summed E-state index contributed by atoms with van der Waals surface area (Å²) in [5, 5.41) is 4.27. The fourth-order valence-electron chi connectivity index (χ4n) is 2.43. The van der Waals surface area contributed by atoms with Crippen molar-refractivity contribution in [3.05, 3.63) is 36.2 Å². The van der Waals surface area contributed by atoms with E-state index in [1.54, 1.807) is 15.8 Å². The number of hydrogen-bond acceptors (Lipinski definition) is 4. The van der Waals surface area contributed by atoms with E-state index in [1.807, 2.05) is 31.2 Å². The van der Waals surface area contributed by atoms with Gasteiger partial charge in [0.1, 0.15) is 5.75 Å². The topological polar surface area (TPSA) is 73.4 Å². The molecule has 1 aliphatic rings. The Morgan fingerprint density at radius 3 is 3.00 bits per heavy atom. The van der Waals surface area contributed by atoms with Crippen molar-refractivity contribution in [1.29, 1.82) is 0 Å². The van der Waals surface area contributed by atoms with E-state index in [1.165, 1.54) is 0 Å². The minimum atomic E-state index is -0.183. The van der Waals surface area contributed by atoms with E-state index in [4.69, 9.17) is 10.5 Å². The fourth-order valence-corrected chi connectivity index (χ4v) is 2.43. The summed E-state index contributed by atoms with van der Waals surface area (Å²) in [7, 11) is 0. The largest absolute Gasteiger partial charge is 0.491 e. The van der Waals surface area contributed by atoms with Crippen LogP contribution in [0.5, 0.6) is 5.75 Å². The van der Waals surface area contributed by atoms with Gasteiger partial charge in [-0.1, -0.05) is 12.1 Å². The third-order valence-corrected chi connectivity index (χ3v) is 3.50. The van der Waals surface area contributed by atoms with E-state index >= 15 is 0 Å². The lowest BCUT2D eigenvalue weighted by molar-refractivity contribution is 0.0982. The van der Waals surface area contributed by atoms with Crippen LogP contribution in [0.4, 0.5) is 11.4 Å². The van der Waals surface area contributed by atoms with Crippen molar-refractivity contribution in [3.63, 3.8) is 0 Å². The lowest BCUT2D eigenvalue weighted by atomic mass is 10.2. The second-order valence-corrected chi connectivity index (χ2v) is 4.92. The highest BCUT2D eigenvalue weighted by Gasteiger charge is 2.26. The highest BCUT2D eigenvalue weighted by Crippen LogP contribution is 2.31. The number of hydrogen-bond donors (Lipinski definition) is 1. The van der Waals surface area contributed by atoms with Crippen LogP contribution in [0.1, 0.15) is 23.8 Å². The molecule has 6 heteroatoms. The lowest BCUT2D eigenvalue weighted by Gasteiger charge is -2.20. The number of nitrogen functional groups attached to an aromatic ring is 1. The first-order chi connectivity index (χ1) is 10.2. The number of nitrogens with zero attached hydrogens (tertiary/aromatic N) is 3. The number of anilines is 2. The Morgan fingerprint density at radius 2 is 2.24 bits per heavy atom. The second kappa shape index (κ2) is 5.47. The number of para-hydroxylation sites is 2. The van der Waals surface area contributed by atoms with Gasteiger partial charge in [-0.25, -0.2) is 0 Å². The normalized spacial score (nSPS) is 14.2. The van der Waals surface area contributed by atoms with Crippen LogP contribution in [0.25, 0.3) is 0 Å². The highest BCUT2D eigenvalue weighted by atomic mass is 16.5. The molecule has 110 valence electrons. The average Bonchev–Trinajstić information content (AvgIpc) is 2.75. The monoisotopic (exact) mass is 286 g/mol. The third kappa shape index (κ3) is 2.44. The summed E-state index contributed by atoms with van der Waals surface area (Å²) in [5.74, 6) is 0.537. The molecule has 3 rings (SSSR count). The Kier molecular flexibility index (Phi) is 3.51. The van der Waals surface area contributed by atoms with Gasteiger partial charge in [-0.3, -0.25) is 9.48 Å². The Bertz CT molecular complexity index is 665. The summed E-state index contributed by atoms with van der Waals surface area (Å²) in [6, 6.07) is 7.54. The van der Waals surface area contributed by atoms with Crippen molar-refractivity contribution < 1.29 is 9.53 Å². The molecule has 0 saturated heterocycles. The van der Waals surface area contributed by atoms with Gasteiger partial charge in [0.15, 0.2) is 5.69 Å². The molecule has 0 radical (unpaired) electrons. The van der Waals surface area contributed by atoms with Gasteiger partial charge in [0, 0.05) is 19.3 Å². The zero-order valence-electron chi connectivity index (χ0n) is 12.0. The molecule has 0 atom stereocenters. The maximum atomic E-state index is 12.8. The number of amides is 1. The van der Waals surface area contributed by atoms with E-state index in [0.29, 0.717) is 31.1 Å². The van der Waals surface area contributed by atoms with Crippen molar-refractivity contribution in [1.82, 2.24) is 9.78 Å². The van der Waals surface area contributed by atoms with E-state index in [2.05, 4.69) is 5.10 Å². The Labute approximate surface area is 123 Å². The number of rotatable bonds is 2. The maximum absolute atomic E-state index is 12.8. The minimum Gasteiger partial charge on any atom is -0.491 e. The number of carbonyl (C=O) groups excluding carboxylic acids is 1. The molecule has 0 aliphatic carbocycles. The summed E-state index contributed by atoms with van der Waals surface area (Å²) in [6.45, 7) is 3.82. The molecule has 1 aromatic heterocycles. The molecule has 0 bridgehead atoms. The quantitative estimate of drug-likeness (QED) is 0.915. The zero-order valence-corrected chi connectivity index (χ0v) is 12.0. The number of carbonyl (C=O) groups is 1. The van der Waals surface area contributed by atoms with E-state index < -0.39 is 0 Å². The lowest BCUT2D eigenvalue weighted by Crippen LogP contribution is -2.32. The average molecular weight is 286 g/mol. The predicted molar refractivity (Wildman–Crippen MR) is 80.5 cm³/mol. The van der Waals surface area contributed by atoms with Gasteiger partial charge in [-0.2, -0.15) is 5.10 Å². The molecule has 1 aromatic carbocycles. The van der Waals surface area contributed by atoms with Crippen LogP contribution in [-0.2, 0) is 6.54 Å². The van der Waals surface area contributed by atoms with Gasteiger partial charge in [-0.05, 0) is 25.5 Å². The number of ether oxygens (including phenoxy) is 1. The minimum absolute atomic E-state index is 0.183. The number of nitrogens with two attached hydrogens (primary N) is 1. The molecule has 1 amide bonds. The maximum Gasteiger partial charge on any atom is 0.281 e. The first kappa shape index (κ1) is 13.5. The molecule has 21 heavy (non-hydrogen) atoms. The van der Waals surface area contributed by atoms with Gasteiger partial charge in [0.05, 0.1) is 18.0 Å². The molecule has 1 aliphatic heterocycles. The summed E-state index contributed by atoms with van der Waals surface area (Å²) in [5.41, 5.74) is 7.40. The first-order valence-electron chi connectivity index (χ1n) is 7.07. The smallest absolute Gasteiger partial charge is 0.281 e. The molecule has 2 N–H and O–H groups in total. The van der Waals surface area contributed by atoms with Crippen molar-refractivity contribution in [2.24, 2.45) is 0 Å². The number of aryl methyl sites for hydroxylation is 1. The van der Waals surface area contributed by atoms with E-state index in [0.717, 1.165) is 17.9 Å². The van der Waals surface area contributed by atoms with Gasteiger partial charge < -0.3 is 15.4 Å². The standard InChI is InChI=1S/C15H18N4O2/c1-2-18-10-11(16)14(17-18)15(20)19-8-5-9-21-13-7-4-3-6-12(13)19/h3-4,6-7,10H,2,5,8-9,16H2,1H3. The van der Waals surface area contributed by atoms with Crippen LogP contribution in [0.15, 0.2) is 30.5 Å². The summed E-state index contributed by atoms with van der Waals surface area (Å²) >= 11 is 0. The predicted octanol–water partition coefficient (Wildman–Crippen LogP) is 1.91. The molecule has 6 nitrogen and oxygen atoms in total. The van der Waals surface area contributed by atoms with Crippen molar-refractivity contribution >= 4 is 17.3 Å². The number of benzene rings is 1. The van der Waals surface area contributed by atoms with Crippen LogP contribution >= 0.6 is 0 Å². The number of fused-ring (bicyclic) bond motifs is 1. The molecule has 0 saturated carbocycles. The van der Waals surface area contributed by atoms with Gasteiger partial charge in [0.2, 0.25) is 0 Å². The van der Waals surface area contributed by atoms with Crippen molar-refractivity contribution in [3.8, 4) is 5.75 Å².